The Bertz CT molecular complexity index is 515. The second-order valence-corrected chi connectivity index (χ2v) is 5.97. The average molecular weight is 298 g/mol. The third kappa shape index (κ3) is 2.47. The molecule has 3 nitrogen and oxygen atoms in total. The van der Waals surface area contributed by atoms with E-state index in [1.807, 2.05) is 12.1 Å². The lowest BCUT2D eigenvalue weighted by atomic mass is 9.86. The van der Waals surface area contributed by atoms with E-state index in [0.29, 0.717) is 10.9 Å². The summed E-state index contributed by atoms with van der Waals surface area (Å²) in [6, 6.07) is 5.88. The number of hydrogen-bond donors (Lipinski definition) is 1. The summed E-state index contributed by atoms with van der Waals surface area (Å²) >= 11 is 12.3. The van der Waals surface area contributed by atoms with Crippen molar-refractivity contribution in [1.29, 1.82) is 0 Å². The lowest BCUT2D eigenvalue weighted by molar-refractivity contribution is 0.238. The summed E-state index contributed by atoms with van der Waals surface area (Å²) in [5.74, 6) is 0.423. The predicted molar refractivity (Wildman–Crippen MR) is 80.0 cm³/mol. The Morgan fingerprint density at radius 3 is 3.00 bits per heavy atom. The number of fused-ring (bicyclic) bond motifs is 1. The lowest BCUT2D eigenvalue weighted by Gasteiger charge is -2.33. The molecule has 1 fully saturated rings. The maximum atomic E-state index is 6.32. The first-order valence-corrected chi connectivity index (χ1v) is 7.44. The van der Waals surface area contributed by atoms with E-state index in [1.54, 1.807) is 6.07 Å². The van der Waals surface area contributed by atoms with Gasteiger partial charge in [0.2, 0.25) is 0 Å². The van der Waals surface area contributed by atoms with Crippen LogP contribution in [0.25, 0.3) is 0 Å². The van der Waals surface area contributed by atoms with Crippen LogP contribution in [0.4, 0.5) is 0 Å². The zero-order valence-electron chi connectivity index (χ0n) is 10.9. The molecule has 0 saturated carbocycles. The Labute approximate surface area is 123 Å². The summed E-state index contributed by atoms with van der Waals surface area (Å²) in [5, 5.41) is 5.89. The van der Waals surface area contributed by atoms with E-state index in [9.17, 15) is 0 Å². The highest BCUT2D eigenvalue weighted by atomic mass is 35.5. The van der Waals surface area contributed by atoms with Gasteiger partial charge in [-0.1, -0.05) is 36.2 Å². The minimum atomic E-state index is 0.175. The van der Waals surface area contributed by atoms with E-state index in [0.717, 1.165) is 36.6 Å². The molecule has 1 aromatic carbocycles. The molecule has 2 aliphatic heterocycles. The van der Waals surface area contributed by atoms with Crippen LogP contribution in [0.15, 0.2) is 23.3 Å². The zero-order valence-corrected chi connectivity index (χ0v) is 12.4. The Kier molecular flexibility index (Phi) is 3.70. The monoisotopic (exact) mass is 297 g/mol. The molecule has 2 aliphatic rings. The number of nitrogens with zero attached hydrogens (tertiary/aromatic N) is 2. The fourth-order valence-electron chi connectivity index (χ4n) is 2.94. The molecule has 1 N–H and O–H groups in total. The first kappa shape index (κ1) is 13.2. The van der Waals surface area contributed by atoms with Crippen LogP contribution in [0, 0.1) is 5.92 Å². The van der Waals surface area contributed by atoms with Crippen molar-refractivity contribution in [3.63, 3.8) is 0 Å². The van der Waals surface area contributed by atoms with Gasteiger partial charge in [0.1, 0.15) is 0 Å². The summed E-state index contributed by atoms with van der Waals surface area (Å²) in [6.45, 7) is 5.44. The molecule has 1 aromatic rings. The quantitative estimate of drug-likeness (QED) is 0.907. The Hall–Kier alpha value is -0.770. The topological polar surface area (TPSA) is 27.6 Å². The van der Waals surface area contributed by atoms with Crippen molar-refractivity contribution >= 4 is 28.9 Å². The number of likely N-dealkylation sites (tertiary alicyclic amines) is 1. The van der Waals surface area contributed by atoms with Crippen LogP contribution in [0.5, 0.6) is 0 Å². The summed E-state index contributed by atoms with van der Waals surface area (Å²) in [6.07, 6.45) is 1.05. The number of rotatable bonds is 2. The van der Waals surface area contributed by atoms with E-state index < -0.39 is 0 Å². The van der Waals surface area contributed by atoms with E-state index in [1.165, 1.54) is 5.71 Å². The minimum Gasteiger partial charge on any atom is -0.302 e. The number of nitrogens with one attached hydrogen (secondary N) is 1. The van der Waals surface area contributed by atoms with Gasteiger partial charge in [0.25, 0.3) is 0 Å². The summed E-state index contributed by atoms with van der Waals surface area (Å²) in [7, 11) is 0. The smallest absolute Gasteiger partial charge is 0.0797 e. The van der Waals surface area contributed by atoms with Gasteiger partial charge < -0.3 is 10.3 Å². The molecule has 0 aromatic heterocycles. The number of piperidine rings is 1. The van der Waals surface area contributed by atoms with Crippen LogP contribution in [0.3, 0.4) is 0 Å². The maximum absolute atomic E-state index is 6.32. The summed E-state index contributed by atoms with van der Waals surface area (Å²) < 4.78 is 0. The molecule has 0 bridgehead atoms. The molecule has 2 heterocycles. The molecule has 5 heteroatoms. The molecule has 102 valence electrons. The number of benzene rings is 1. The lowest BCUT2D eigenvalue weighted by Crippen LogP contribution is -2.41. The molecule has 3 rings (SSSR count). The molecule has 0 radical (unpaired) electrons. The van der Waals surface area contributed by atoms with Crippen molar-refractivity contribution in [1.82, 2.24) is 10.3 Å². The highest BCUT2D eigenvalue weighted by Crippen LogP contribution is 2.36. The standard InChI is InChI=1S/C14H17Cl2N3/c1-2-19-6-5-13-11(8-19)14(18-17-13)10-4-3-9(15)7-12(10)16/h3-4,7,11,14,18H,2,5-6,8H2,1H3. The largest absolute Gasteiger partial charge is 0.302 e. The maximum Gasteiger partial charge on any atom is 0.0797 e. The fraction of sp³-hybridized carbons (Fsp3) is 0.500. The Balaban J connectivity index is 1.86. The zero-order chi connectivity index (χ0) is 13.4. The number of hydrazone groups is 1. The Morgan fingerprint density at radius 1 is 1.42 bits per heavy atom. The van der Waals surface area contributed by atoms with Crippen LogP contribution >= 0.6 is 23.2 Å². The van der Waals surface area contributed by atoms with Crippen LogP contribution in [0.2, 0.25) is 10.0 Å². The van der Waals surface area contributed by atoms with Crippen LogP contribution in [0.1, 0.15) is 24.9 Å². The van der Waals surface area contributed by atoms with Crippen LogP contribution < -0.4 is 5.43 Å². The minimum absolute atomic E-state index is 0.175. The molecule has 0 spiro atoms. The molecular formula is C14H17Cl2N3. The van der Waals surface area contributed by atoms with Crippen molar-refractivity contribution in [2.24, 2.45) is 11.0 Å². The predicted octanol–water partition coefficient (Wildman–Crippen LogP) is 3.34. The van der Waals surface area contributed by atoms with Crippen molar-refractivity contribution in [3.8, 4) is 0 Å². The average Bonchev–Trinajstić information content (AvgIpc) is 2.81. The third-order valence-electron chi connectivity index (χ3n) is 4.06. The summed E-state index contributed by atoms with van der Waals surface area (Å²) in [5.41, 5.74) is 5.62. The highest BCUT2D eigenvalue weighted by molar-refractivity contribution is 6.35. The van der Waals surface area contributed by atoms with E-state index in [2.05, 4.69) is 22.4 Å². The second-order valence-electron chi connectivity index (χ2n) is 5.13. The highest BCUT2D eigenvalue weighted by Gasteiger charge is 2.37. The SMILES string of the molecule is CCN1CCC2=NNC(c3ccc(Cl)cc3Cl)C2C1. The molecular weight excluding hydrogens is 281 g/mol. The molecule has 2 atom stereocenters. The van der Waals surface area contributed by atoms with Gasteiger partial charge in [-0.3, -0.25) is 0 Å². The molecule has 1 saturated heterocycles. The van der Waals surface area contributed by atoms with Gasteiger partial charge in [0.15, 0.2) is 0 Å². The van der Waals surface area contributed by atoms with Crippen molar-refractivity contribution in [3.05, 3.63) is 33.8 Å². The van der Waals surface area contributed by atoms with Gasteiger partial charge >= 0.3 is 0 Å². The number of halogens is 2. The van der Waals surface area contributed by atoms with Gasteiger partial charge in [-0.15, -0.1) is 0 Å². The van der Waals surface area contributed by atoms with Crippen molar-refractivity contribution in [2.75, 3.05) is 19.6 Å². The molecule has 19 heavy (non-hydrogen) atoms. The van der Waals surface area contributed by atoms with E-state index >= 15 is 0 Å². The van der Waals surface area contributed by atoms with Gasteiger partial charge in [0, 0.05) is 41.2 Å². The molecule has 0 aliphatic carbocycles. The number of hydrogen-bond acceptors (Lipinski definition) is 3. The fourth-order valence-corrected chi connectivity index (χ4v) is 3.47. The van der Waals surface area contributed by atoms with Crippen LogP contribution in [-0.2, 0) is 0 Å². The van der Waals surface area contributed by atoms with Gasteiger partial charge in [-0.2, -0.15) is 5.10 Å². The van der Waals surface area contributed by atoms with E-state index in [-0.39, 0.29) is 6.04 Å². The molecule has 2 unspecified atom stereocenters. The first-order chi connectivity index (χ1) is 9.19. The normalized spacial score (nSPS) is 26.8. The third-order valence-corrected chi connectivity index (χ3v) is 4.62. The van der Waals surface area contributed by atoms with Crippen LogP contribution in [-0.4, -0.2) is 30.2 Å². The van der Waals surface area contributed by atoms with Gasteiger partial charge in [-0.25, -0.2) is 0 Å². The first-order valence-electron chi connectivity index (χ1n) is 6.68. The van der Waals surface area contributed by atoms with E-state index in [4.69, 9.17) is 23.2 Å². The molecule has 0 amide bonds. The van der Waals surface area contributed by atoms with Gasteiger partial charge in [0.05, 0.1) is 6.04 Å². The van der Waals surface area contributed by atoms with Crippen molar-refractivity contribution < 1.29 is 0 Å². The van der Waals surface area contributed by atoms with Crippen molar-refractivity contribution in [2.45, 2.75) is 19.4 Å². The second kappa shape index (κ2) is 5.31. The summed E-state index contributed by atoms with van der Waals surface area (Å²) in [4.78, 5) is 2.47. The Morgan fingerprint density at radius 2 is 2.26 bits per heavy atom. The van der Waals surface area contributed by atoms with Gasteiger partial charge in [-0.05, 0) is 24.2 Å².